The third-order valence-corrected chi connectivity index (χ3v) is 5.06. The average molecular weight is 411 g/mol. The van der Waals surface area contributed by atoms with Crippen LogP contribution in [0, 0.1) is 13.8 Å². The largest absolute Gasteiger partial charge is 0.297 e. The number of carbonyl (C=O) groups is 1. The second-order valence-corrected chi connectivity index (χ2v) is 7.29. The number of hydrogen-bond acceptors (Lipinski definition) is 6. The Labute approximate surface area is 170 Å². The SMILES string of the molecule is Cc1cccc(C(=O)Nc2nc(-c3nnn(-c4ccccc4Cl)c3C)ns2)c1. The minimum absolute atomic E-state index is 0.233. The standard InChI is InChI=1S/C19H15ClN6OS/c1-11-6-5-7-13(10-11)18(27)22-19-21-17(24-28-19)16-12(2)26(25-23-16)15-9-4-3-8-14(15)20/h3-10H,1-2H3,(H,21,22,24,27). The Morgan fingerprint density at radius 2 is 1.96 bits per heavy atom. The van der Waals surface area contributed by atoms with Gasteiger partial charge >= 0.3 is 0 Å². The summed E-state index contributed by atoms with van der Waals surface area (Å²) >= 11 is 7.34. The van der Waals surface area contributed by atoms with Crippen molar-refractivity contribution in [2.45, 2.75) is 13.8 Å². The van der Waals surface area contributed by atoms with Crippen LogP contribution >= 0.6 is 23.1 Å². The summed E-state index contributed by atoms with van der Waals surface area (Å²) in [6.07, 6.45) is 0. The van der Waals surface area contributed by atoms with E-state index >= 15 is 0 Å². The molecule has 2 heterocycles. The van der Waals surface area contributed by atoms with Gasteiger partial charge in [0.2, 0.25) is 5.13 Å². The minimum atomic E-state index is -0.233. The number of aryl methyl sites for hydroxylation is 1. The van der Waals surface area contributed by atoms with Gasteiger partial charge in [0.1, 0.15) is 0 Å². The highest BCUT2D eigenvalue weighted by molar-refractivity contribution is 7.10. The molecule has 0 spiro atoms. The lowest BCUT2D eigenvalue weighted by molar-refractivity contribution is 0.102. The lowest BCUT2D eigenvalue weighted by atomic mass is 10.1. The maximum absolute atomic E-state index is 12.4. The molecule has 9 heteroatoms. The molecule has 0 radical (unpaired) electrons. The first-order valence-electron chi connectivity index (χ1n) is 8.42. The van der Waals surface area contributed by atoms with Gasteiger partial charge in [-0.25, -0.2) is 4.68 Å². The first-order valence-corrected chi connectivity index (χ1v) is 9.57. The number of nitrogens with zero attached hydrogens (tertiary/aromatic N) is 5. The molecule has 0 aliphatic carbocycles. The summed E-state index contributed by atoms with van der Waals surface area (Å²) in [7, 11) is 0. The predicted molar refractivity (Wildman–Crippen MR) is 109 cm³/mol. The van der Waals surface area contributed by atoms with Crippen molar-refractivity contribution in [3.05, 3.63) is 70.4 Å². The van der Waals surface area contributed by atoms with Crippen molar-refractivity contribution in [1.82, 2.24) is 24.4 Å². The van der Waals surface area contributed by atoms with Gasteiger partial charge in [0.25, 0.3) is 5.91 Å². The van der Waals surface area contributed by atoms with E-state index in [1.165, 1.54) is 0 Å². The number of halogens is 1. The van der Waals surface area contributed by atoms with Crippen molar-refractivity contribution in [3.63, 3.8) is 0 Å². The normalized spacial score (nSPS) is 10.8. The number of benzene rings is 2. The molecule has 0 unspecified atom stereocenters. The molecule has 1 N–H and O–H groups in total. The van der Waals surface area contributed by atoms with Crippen molar-refractivity contribution in [1.29, 1.82) is 0 Å². The van der Waals surface area contributed by atoms with Crippen LogP contribution in [0.5, 0.6) is 0 Å². The van der Waals surface area contributed by atoms with Crippen LogP contribution in [0.1, 0.15) is 21.6 Å². The van der Waals surface area contributed by atoms with E-state index in [2.05, 4.69) is 25.0 Å². The Kier molecular flexibility index (Phi) is 4.89. The van der Waals surface area contributed by atoms with Crippen LogP contribution in [0.4, 0.5) is 5.13 Å². The van der Waals surface area contributed by atoms with Gasteiger partial charge in [-0.15, -0.1) is 5.10 Å². The van der Waals surface area contributed by atoms with Gasteiger partial charge in [-0.1, -0.05) is 46.6 Å². The maximum atomic E-state index is 12.4. The number of anilines is 1. The van der Waals surface area contributed by atoms with Crippen molar-refractivity contribution in [2.75, 3.05) is 5.32 Å². The van der Waals surface area contributed by atoms with Crippen LogP contribution in [0.3, 0.4) is 0 Å². The molecule has 0 atom stereocenters. The Hall–Kier alpha value is -3.10. The highest BCUT2D eigenvalue weighted by Crippen LogP contribution is 2.26. The lowest BCUT2D eigenvalue weighted by Gasteiger charge is -2.04. The van der Waals surface area contributed by atoms with Crippen molar-refractivity contribution < 1.29 is 4.79 Å². The van der Waals surface area contributed by atoms with E-state index in [1.807, 2.05) is 50.2 Å². The molecule has 2 aromatic carbocycles. The number of hydrogen-bond donors (Lipinski definition) is 1. The topological polar surface area (TPSA) is 85.6 Å². The molecule has 7 nitrogen and oxygen atoms in total. The number of rotatable bonds is 4. The number of para-hydroxylation sites is 1. The molecule has 0 aliphatic rings. The van der Waals surface area contributed by atoms with Crippen molar-refractivity contribution in [3.8, 4) is 17.2 Å². The minimum Gasteiger partial charge on any atom is -0.297 e. The third-order valence-electron chi connectivity index (χ3n) is 4.11. The highest BCUT2D eigenvalue weighted by atomic mass is 35.5. The van der Waals surface area contributed by atoms with Crippen LogP contribution < -0.4 is 5.32 Å². The van der Waals surface area contributed by atoms with Gasteiger partial charge in [-0.3, -0.25) is 10.1 Å². The van der Waals surface area contributed by atoms with Gasteiger partial charge in [-0.2, -0.15) is 9.36 Å². The molecule has 1 amide bonds. The van der Waals surface area contributed by atoms with Crippen LogP contribution in [-0.2, 0) is 0 Å². The smallest absolute Gasteiger partial charge is 0.257 e. The average Bonchev–Trinajstić information content (AvgIpc) is 3.28. The Balaban J connectivity index is 1.58. The molecule has 0 saturated carbocycles. The molecule has 4 rings (SSSR count). The van der Waals surface area contributed by atoms with E-state index in [0.717, 1.165) is 28.5 Å². The van der Waals surface area contributed by atoms with Gasteiger partial charge in [0.15, 0.2) is 11.5 Å². The summed E-state index contributed by atoms with van der Waals surface area (Å²) in [5.41, 5.74) is 3.59. The van der Waals surface area contributed by atoms with Gasteiger partial charge in [-0.05, 0) is 38.1 Å². The zero-order valence-corrected chi connectivity index (χ0v) is 16.6. The van der Waals surface area contributed by atoms with Gasteiger partial charge in [0.05, 0.1) is 16.4 Å². The summed E-state index contributed by atoms with van der Waals surface area (Å²) in [5.74, 6) is 0.170. The molecule has 4 aromatic rings. The first kappa shape index (κ1) is 18.3. The second kappa shape index (κ2) is 7.49. The fourth-order valence-corrected chi connectivity index (χ4v) is 3.50. The summed E-state index contributed by atoms with van der Waals surface area (Å²) in [6, 6.07) is 14.7. The second-order valence-electron chi connectivity index (χ2n) is 6.13. The zero-order valence-electron chi connectivity index (χ0n) is 15.0. The fourth-order valence-electron chi connectivity index (χ4n) is 2.71. The number of amides is 1. The van der Waals surface area contributed by atoms with E-state index < -0.39 is 0 Å². The Morgan fingerprint density at radius 1 is 1.14 bits per heavy atom. The molecule has 140 valence electrons. The van der Waals surface area contributed by atoms with Gasteiger partial charge < -0.3 is 0 Å². The predicted octanol–water partition coefficient (Wildman–Crippen LogP) is 4.31. The molecule has 28 heavy (non-hydrogen) atoms. The summed E-state index contributed by atoms with van der Waals surface area (Å²) in [4.78, 5) is 16.8. The van der Waals surface area contributed by atoms with Crippen LogP contribution in [0.2, 0.25) is 5.02 Å². The maximum Gasteiger partial charge on any atom is 0.257 e. The van der Waals surface area contributed by atoms with Crippen LogP contribution in [0.25, 0.3) is 17.2 Å². The van der Waals surface area contributed by atoms with Gasteiger partial charge in [0, 0.05) is 17.1 Å². The van der Waals surface area contributed by atoms with Crippen LogP contribution in [0.15, 0.2) is 48.5 Å². The van der Waals surface area contributed by atoms with E-state index in [4.69, 9.17) is 11.6 Å². The van der Waals surface area contributed by atoms with Crippen molar-refractivity contribution >= 4 is 34.2 Å². The first-order chi connectivity index (χ1) is 13.5. The summed E-state index contributed by atoms with van der Waals surface area (Å²) < 4.78 is 5.95. The van der Waals surface area contributed by atoms with E-state index in [1.54, 1.807) is 16.8 Å². The van der Waals surface area contributed by atoms with E-state index in [9.17, 15) is 4.79 Å². The highest BCUT2D eigenvalue weighted by Gasteiger charge is 2.18. The summed E-state index contributed by atoms with van der Waals surface area (Å²) in [6.45, 7) is 3.80. The molecular weight excluding hydrogens is 396 g/mol. The Morgan fingerprint density at radius 3 is 2.75 bits per heavy atom. The fraction of sp³-hybridized carbons (Fsp3) is 0.105. The molecular formula is C19H15ClN6OS. The van der Waals surface area contributed by atoms with E-state index in [-0.39, 0.29) is 5.91 Å². The Bertz CT molecular complexity index is 1170. The molecule has 0 bridgehead atoms. The molecule has 2 aromatic heterocycles. The molecule has 0 aliphatic heterocycles. The third kappa shape index (κ3) is 3.51. The zero-order chi connectivity index (χ0) is 19.7. The number of carbonyl (C=O) groups excluding carboxylic acids is 1. The van der Waals surface area contributed by atoms with E-state index in [0.29, 0.717) is 27.2 Å². The number of aromatic nitrogens is 5. The monoisotopic (exact) mass is 410 g/mol. The quantitative estimate of drug-likeness (QED) is 0.541. The lowest BCUT2D eigenvalue weighted by Crippen LogP contribution is -2.11. The van der Waals surface area contributed by atoms with Crippen molar-refractivity contribution in [2.24, 2.45) is 0 Å². The molecule has 0 fully saturated rings. The number of nitrogens with one attached hydrogen (secondary N) is 1. The van der Waals surface area contributed by atoms with Crippen LogP contribution in [-0.4, -0.2) is 30.3 Å². The summed E-state index contributed by atoms with van der Waals surface area (Å²) in [5, 5.41) is 12.1. The molecule has 0 saturated heterocycles.